The van der Waals surface area contributed by atoms with Gasteiger partial charge in [-0.2, -0.15) is 5.26 Å². The fourth-order valence-electron chi connectivity index (χ4n) is 1.92. The van der Waals surface area contributed by atoms with E-state index in [4.69, 9.17) is 14.4 Å². The maximum atomic E-state index is 11.8. The Bertz CT molecular complexity index is 508. The number of carbonyl (C=O) groups is 2. The van der Waals surface area contributed by atoms with Gasteiger partial charge in [0.25, 0.3) is 0 Å². The third kappa shape index (κ3) is 2.74. The summed E-state index contributed by atoms with van der Waals surface area (Å²) in [6.45, 7) is 1.09. The zero-order valence-electron chi connectivity index (χ0n) is 10.2. The van der Waals surface area contributed by atoms with E-state index >= 15 is 0 Å². The first-order chi connectivity index (χ1) is 9.15. The first-order valence-corrected chi connectivity index (χ1v) is 6.67. The number of thioether (sulfide) groups is 1. The fourth-order valence-corrected chi connectivity index (χ4v) is 3.34. The van der Waals surface area contributed by atoms with Gasteiger partial charge in [-0.05, 0) is 12.1 Å². The Labute approximate surface area is 114 Å². The maximum absolute atomic E-state index is 11.8. The lowest BCUT2D eigenvalue weighted by atomic mass is 10.2. The van der Waals surface area contributed by atoms with Crippen LogP contribution in [0.1, 0.15) is 18.1 Å². The molecule has 0 unspecified atom stereocenters. The molecular weight excluding hydrogens is 268 g/mol. The number of hydrogen-bond donors (Lipinski definition) is 0. The van der Waals surface area contributed by atoms with Crippen molar-refractivity contribution in [1.29, 1.82) is 5.26 Å². The molecule has 1 aliphatic heterocycles. The largest absolute Gasteiger partial charge is 0.466 e. The van der Waals surface area contributed by atoms with Crippen LogP contribution in [-0.4, -0.2) is 35.2 Å². The van der Waals surface area contributed by atoms with Gasteiger partial charge in [0, 0.05) is 12.7 Å². The standard InChI is InChI=1S/C12H12N2O4S/c1-8(15)14-9(12(16)18-6-4-13)7-19-11(14)10-3-2-5-17-10/h2-3,5,9,11H,6-7H2,1H3/t9-,11-/m1/s1. The second kappa shape index (κ2) is 5.80. The predicted molar refractivity (Wildman–Crippen MR) is 66.8 cm³/mol. The molecule has 2 rings (SSSR count). The van der Waals surface area contributed by atoms with Gasteiger partial charge in [-0.1, -0.05) is 0 Å². The number of furan rings is 1. The number of esters is 1. The van der Waals surface area contributed by atoms with Crippen LogP contribution in [0, 0.1) is 11.3 Å². The van der Waals surface area contributed by atoms with Crippen LogP contribution in [0.3, 0.4) is 0 Å². The highest BCUT2D eigenvalue weighted by molar-refractivity contribution is 7.99. The molecule has 0 spiro atoms. The van der Waals surface area contributed by atoms with Crippen LogP contribution in [0.2, 0.25) is 0 Å². The summed E-state index contributed by atoms with van der Waals surface area (Å²) in [5, 5.41) is 8.08. The first-order valence-electron chi connectivity index (χ1n) is 5.62. The van der Waals surface area contributed by atoms with Gasteiger partial charge in [0.05, 0.1) is 6.26 Å². The second-order valence-electron chi connectivity index (χ2n) is 3.91. The molecule has 100 valence electrons. The summed E-state index contributed by atoms with van der Waals surface area (Å²) in [7, 11) is 0. The molecule has 1 fully saturated rings. The van der Waals surface area contributed by atoms with Crippen LogP contribution < -0.4 is 0 Å². The van der Waals surface area contributed by atoms with Crippen LogP contribution in [0.5, 0.6) is 0 Å². The van der Waals surface area contributed by atoms with Crippen LogP contribution >= 0.6 is 11.8 Å². The van der Waals surface area contributed by atoms with Crippen molar-refractivity contribution in [2.24, 2.45) is 0 Å². The molecule has 0 aromatic carbocycles. The van der Waals surface area contributed by atoms with E-state index in [1.807, 2.05) is 0 Å². The summed E-state index contributed by atoms with van der Waals surface area (Å²) < 4.78 is 10.1. The van der Waals surface area contributed by atoms with Crippen LogP contribution in [0.15, 0.2) is 22.8 Å². The Morgan fingerprint density at radius 3 is 3.05 bits per heavy atom. The Hall–Kier alpha value is -1.94. The van der Waals surface area contributed by atoms with Gasteiger partial charge in [-0.15, -0.1) is 11.8 Å². The minimum absolute atomic E-state index is 0.231. The van der Waals surface area contributed by atoms with E-state index in [0.29, 0.717) is 11.5 Å². The van der Waals surface area contributed by atoms with Gasteiger partial charge >= 0.3 is 5.97 Å². The average Bonchev–Trinajstić information content (AvgIpc) is 3.02. The number of nitriles is 1. The topological polar surface area (TPSA) is 83.5 Å². The molecule has 2 heterocycles. The Balaban J connectivity index is 2.16. The molecular formula is C12H12N2O4S. The summed E-state index contributed by atoms with van der Waals surface area (Å²) in [5.74, 6) is 0.259. The second-order valence-corrected chi connectivity index (χ2v) is 5.02. The van der Waals surface area contributed by atoms with Gasteiger partial charge in [0.1, 0.15) is 23.2 Å². The molecule has 0 aliphatic carbocycles. The average molecular weight is 280 g/mol. The molecule has 6 nitrogen and oxygen atoms in total. The van der Waals surface area contributed by atoms with E-state index in [-0.39, 0.29) is 17.9 Å². The van der Waals surface area contributed by atoms with Gasteiger partial charge in [0.15, 0.2) is 6.61 Å². The Kier molecular flexibility index (Phi) is 4.12. The molecule has 1 amide bonds. The molecule has 1 aliphatic rings. The van der Waals surface area contributed by atoms with E-state index in [1.54, 1.807) is 18.2 Å². The van der Waals surface area contributed by atoms with E-state index in [9.17, 15) is 9.59 Å². The summed E-state index contributed by atoms with van der Waals surface area (Å²) in [5.41, 5.74) is 0. The smallest absolute Gasteiger partial charge is 0.330 e. The molecule has 0 radical (unpaired) electrons. The van der Waals surface area contributed by atoms with Crippen molar-refractivity contribution in [3.63, 3.8) is 0 Å². The minimum atomic E-state index is -0.675. The van der Waals surface area contributed by atoms with Crippen molar-refractivity contribution in [3.05, 3.63) is 24.2 Å². The van der Waals surface area contributed by atoms with E-state index in [0.717, 1.165) is 0 Å². The molecule has 0 bridgehead atoms. The molecule has 2 atom stereocenters. The monoisotopic (exact) mass is 280 g/mol. The van der Waals surface area contributed by atoms with Crippen molar-refractivity contribution in [3.8, 4) is 6.07 Å². The highest BCUT2D eigenvalue weighted by Gasteiger charge is 2.43. The number of rotatable bonds is 3. The normalized spacial score (nSPS) is 22.0. The van der Waals surface area contributed by atoms with E-state index in [2.05, 4.69) is 0 Å². The summed E-state index contributed by atoms with van der Waals surface area (Å²) in [6, 6.07) is 4.55. The lowest BCUT2D eigenvalue weighted by Crippen LogP contribution is -2.42. The van der Waals surface area contributed by atoms with Gasteiger partial charge < -0.3 is 14.1 Å². The Morgan fingerprint density at radius 2 is 2.47 bits per heavy atom. The highest BCUT2D eigenvalue weighted by Crippen LogP contribution is 2.41. The number of hydrogen-bond acceptors (Lipinski definition) is 6. The third-order valence-corrected chi connectivity index (χ3v) is 3.98. The molecule has 0 saturated carbocycles. The quantitative estimate of drug-likeness (QED) is 0.776. The minimum Gasteiger partial charge on any atom is -0.466 e. The molecule has 0 N–H and O–H groups in total. The number of carbonyl (C=O) groups excluding carboxylic acids is 2. The maximum Gasteiger partial charge on any atom is 0.330 e. The van der Waals surface area contributed by atoms with Crippen molar-refractivity contribution >= 4 is 23.6 Å². The lowest BCUT2D eigenvalue weighted by molar-refractivity contribution is -0.152. The lowest BCUT2D eigenvalue weighted by Gasteiger charge is -2.25. The zero-order valence-corrected chi connectivity index (χ0v) is 11.1. The van der Waals surface area contributed by atoms with Crippen LogP contribution in [0.4, 0.5) is 0 Å². The number of ether oxygens (including phenoxy) is 1. The summed E-state index contributed by atoms with van der Waals surface area (Å²) >= 11 is 1.43. The van der Waals surface area contributed by atoms with Crippen LogP contribution in [0.25, 0.3) is 0 Å². The van der Waals surface area contributed by atoms with Crippen molar-refractivity contribution in [2.45, 2.75) is 18.3 Å². The molecule has 19 heavy (non-hydrogen) atoms. The molecule has 1 aromatic heterocycles. The molecule has 7 heteroatoms. The SMILES string of the molecule is CC(=O)N1[C@@H](C(=O)OCC#N)CS[C@@H]1c1ccco1. The van der Waals surface area contributed by atoms with Gasteiger partial charge in [0.2, 0.25) is 5.91 Å². The summed E-state index contributed by atoms with van der Waals surface area (Å²) in [4.78, 5) is 25.0. The number of nitrogens with zero attached hydrogens (tertiary/aromatic N) is 2. The predicted octanol–water partition coefficient (Wildman–Crippen LogP) is 1.31. The van der Waals surface area contributed by atoms with E-state index < -0.39 is 12.0 Å². The number of amides is 1. The molecule has 1 saturated heterocycles. The first kappa shape index (κ1) is 13.5. The fraction of sp³-hybridized carbons (Fsp3) is 0.417. The summed E-state index contributed by atoms with van der Waals surface area (Å²) in [6.07, 6.45) is 1.52. The van der Waals surface area contributed by atoms with Crippen molar-refractivity contribution < 1.29 is 18.7 Å². The Morgan fingerprint density at radius 1 is 1.68 bits per heavy atom. The highest BCUT2D eigenvalue weighted by atomic mass is 32.2. The van der Waals surface area contributed by atoms with Crippen LogP contribution in [-0.2, 0) is 14.3 Å². The molecule has 1 aromatic rings. The van der Waals surface area contributed by atoms with E-state index in [1.165, 1.54) is 29.8 Å². The van der Waals surface area contributed by atoms with Gasteiger partial charge in [-0.3, -0.25) is 4.79 Å². The third-order valence-electron chi connectivity index (χ3n) is 2.70. The van der Waals surface area contributed by atoms with Crippen molar-refractivity contribution in [1.82, 2.24) is 4.90 Å². The zero-order chi connectivity index (χ0) is 13.8. The van der Waals surface area contributed by atoms with Crippen molar-refractivity contribution in [2.75, 3.05) is 12.4 Å². The van der Waals surface area contributed by atoms with Gasteiger partial charge in [-0.25, -0.2) is 4.79 Å².